The van der Waals surface area contributed by atoms with Crippen LogP contribution in [0.1, 0.15) is 16.7 Å². The largest absolute Gasteiger partial charge is 0.394 e. The number of hydrogen-bond acceptors (Lipinski definition) is 6. The van der Waals surface area contributed by atoms with E-state index in [1.165, 1.54) is 11.8 Å². The lowest BCUT2D eigenvalue weighted by Crippen LogP contribution is -2.16. The lowest BCUT2D eigenvalue weighted by atomic mass is 10.1. The summed E-state index contributed by atoms with van der Waals surface area (Å²) < 4.78 is 5.48. The first kappa shape index (κ1) is 16.7. The SMILES string of the molecule is OC[C@@H](O)CS[C@@H](c1ccccc1)c1nc(-c2ccccc2)no1. The highest BCUT2D eigenvalue weighted by Gasteiger charge is 2.23. The fourth-order valence-corrected chi connectivity index (χ4v) is 3.35. The molecule has 0 radical (unpaired) electrons. The summed E-state index contributed by atoms with van der Waals surface area (Å²) in [5, 5.41) is 22.5. The minimum atomic E-state index is -0.780. The first-order chi connectivity index (χ1) is 11.8. The van der Waals surface area contributed by atoms with Crippen molar-refractivity contribution in [1.82, 2.24) is 10.1 Å². The van der Waals surface area contributed by atoms with Gasteiger partial charge in [-0.1, -0.05) is 65.8 Å². The fourth-order valence-electron chi connectivity index (χ4n) is 2.24. The van der Waals surface area contributed by atoms with Gasteiger partial charge in [-0.05, 0) is 5.56 Å². The van der Waals surface area contributed by atoms with Crippen molar-refractivity contribution < 1.29 is 14.7 Å². The van der Waals surface area contributed by atoms with Crippen molar-refractivity contribution in [1.29, 1.82) is 0 Å². The van der Waals surface area contributed by atoms with Gasteiger partial charge in [0, 0.05) is 11.3 Å². The first-order valence-corrected chi connectivity index (χ1v) is 8.67. The number of nitrogens with zero attached hydrogens (tertiary/aromatic N) is 2. The van der Waals surface area contributed by atoms with E-state index in [1.807, 2.05) is 60.7 Å². The Kier molecular flexibility index (Phi) is 5.63. The van der Waals surface area contributed by atoms with E-state index in [2.05, 4.69) is 10.1 Å². The second-order valence-electron chi connectivity index (χ2n) is 5.28. The number of aliphatic hydroxyl groups is 2. The van der Waals surface area contributed by atoms with E-state index in [9.17, 15) is 5.11 Å². The van der Waals surface area contributed by atoms with Gasteiger partial charge in [-0.25, -0.2) is 0 Å². The van der Waals surface area contributed by atoms with Crippen LogP contribution in [0.2, 0.25) is 0 Å². The Morgan fingerprint density at radius 2 is 1.67 bits per heavy atom. The molecule has 0 bridgehead atoms. The number of aromatic nitrogens is 2. The zero-order valence-electron chi connectivity index (χ0n) is 12.9. The molecule has 0 spiro atoms. The van der Waals surface area contributed by atoms with Crippen molar-refractivity contribution in [2.75, 3.05) is 12.4 Å². The van der Waals surface area contributed by atoms with Crippen molar-refractivity contribution >= 4 is 11.8 Å². The van der Waals surface area contributed by atoms with Gasteiger partial charge >= 0.3 is 0 Å². The Morgan fingerprint density at radius 3 is 2.33 bits per heavy atom. The smallest absolute Gasteiger partial charge is 0.244 e. The molecule has 0 aliphatic rings. The van der Waals surface area contributed by atoms with Crippen LogP contribution in [0.5, 0.6) is 0 Å². The molecule has 0 aliphatic carbocycles. The topological polar surface area (TPSA) is 79.4 Å². The molecule has 3 aromatic rings. The van der Waals surface area contributed by atoms with Crippen molar-refractivity contribution in [2.24, 2.45) is 0 Å². The lowest BCUT2D eigenvalue weighted by Gasteiger charge is -2.14. The van der Waals surface area contributed by atoms with Crippen LogP contribution in [0.25, 0.3) is 11.4 Å². The zero-order chi connectivity index (χ0) is 16.8. The molecule has 0 amide bonds. The number of aliphatic hydroxyl groups excluding tert-OH is 2. The van der Waals surface area contributed by atoms with Gasteiger partial charge in [0.2, 0.25) is 11.7 Å². The summed E-state index contributed by atoms with van der Waals surface area (Å²) in [6.45, 7) is -0.270. The van der Waals surface area contributed by atoms with Crippen molar-refractivity contribution in [3.63, 3.8) is 0 Å². The molecule has 1 aromatic heterocycles. The second kappa shape index (κ2) is 8.10. The Bertz CT molecular complexity index is 749. The van der Waals surface area contributed by atoms with Gasteiger partial charge in [-0.2, -0.15) is 4.98 Å². The molecule has 3 rings (SSSR count). The van der Waals surface area contributed by atoms with Gasteiger partial charge in [0.05, 0.1) is 12.7 Å². The summed E-state index contributed by atoms with van der Waals surface area (Å²) in [7, 11) is 0. The number of benzene rings is 2. The van der Waals surface area contributed by atoms with Crippen LogP contribution in [0, 0.1) is 0 Å². The summed E-state index contributed by atoms with van der Waals surface area (Å²) in [5.74, 6) is 1.39. The van der Waals surface area contributed by atoms with Gasteiger partial charge in [-0.15, -0.1) is 11.8 Å². The van der Waals surface area contributed by atoms with Crippen molar-refractivity contribution in [3.05, 3.63) is 72.1 Å². The summed E-state index contributed by atoms with van der Waals surface area (Å²) in [4.78, 5) is 4.52. The van der Waals surface area contributed by atoms with Gasteiger partial charge in [0.1, 0.15) is 5.25 Å². The maximum Gasteiger partial charge on any atom is 0.244 e. The van der Waals surface area contributed by atoms with E-state index in [1.54, 1.807) is 0 Å². The molecular weight excluding hydrogens is 324 g/mol. The molecule has 5 nitrogen and oxygen atoms in total. The maximum atomic E-state index is 9.65. The minimum Gasteiger partial charge on any atom is -0.394 e. The highest BCUT2D eigenvalue weighted by Crippen LogP contribution is 2.35. The molecule has 6 heteroatoms. The monoisotopic (exact) mass is 342 g/mol. The van der Waals surface area contributed by atoms with Crippen molar-refractivity contribution in [3.8, 4) is 11.4 Å². The van der Waals surface area contributed by atoms with E-state index in [4.69, 9.17) is 9.63 Å². The van der Waals surface area contributed by atoms with Crippen LogP contribution in [-0.2, 0) is 0 Å². The molecular formula is C18H18N2O3S. The Balaban J connectivity index is 1.87. The van der Waals surface area contributed by atoms with E-state index >= 15 is 0 Å². The number of thioether (sulfide) groups is 1. The molecule has 2 atom stereocenters. The summed E-state index contributed by atoms with van der Waals surface area (Å²) in [5.41, 5.74) is 1.90. The van der Waals surface area contributed by atoms with Crippen LogP contribution in [0.3, 0.4) is 0 Å². The van der Waals surface area contributed by atoms with Crippen molar-refractivity contribution in [2.45, 2.75) is 11.4 Å². The van der Waals surface area contributed by atoms with Gasteiger partial charge in [-0.3, -0.25) is 0 Å². The maximum absolute atomic E-state index is 9.65. The van der Waals surface area contributed by atoms with Gasteiger partial charge in [0.15, 0.2) is 0 Å². The molecule has 2 N–H and O–H groups in total. The average Bonchev–Trinajstić information content (AvgIpc) is 3.13. The molecule has 0 unspecified atom stereocenters. The fraction of sp³-hybridized carbons (Fsp3) is 0.222. The quantitative estimate of drug-likeness (QED) is 0.687. The molecule has 0 saturated heterocycles. The number of rotatable bonds is 7. The number of hydrogen-bond donors (Lipinski definition) is 2. The summed E-state index contributed by atoms with van der Waals surface area (Å²) >= 11 is 1.46. The molecule has 0 fully saturated rings. The Morgan fingerprint density at radius 1 is 1.00 bits per heavy atom. The van der Waals surface area contributed by atoms with Gasteiger partial charge in [0.25, 0.3) is 0 Å². The zero-order valence-corrected chi connectivity index (χ0v) is 13.8. The third-order valence-electron chi connectivity index (χ3n) is 3.47. The van der Waals surface area contributed by atoms with Crippen LogP contribution >= 0.6 is 11.8 Å². The predicted octanol–water partition coefficient (Wildman–Crippen LogP) is 2.91. The molecule has 1 heterocycles. The first-order valence-electron chi connectivity index (χ1n) is 7.62. The molecule has 124 valence electrons. The molecule has 24 heavy (non-hydrogen) atoms. The third-order valence-corrected chi connectivity index (χ3v) is 4.85. The van der Waals surface area contributed by atoms with E-state index in [-0.39, 0.29) is 11.9 Å². The van der Waals surface area contributed by atoms with E-state index in [0.29, 0.717) is 17.5 Å². The van der Waals surface area contributed by atoms with E-state index < -0.39 is 6.10 Å². The van der Waals surface area contributed by atoms with Gasteiger partial charge < -0.3 is 14.7 Å². The highest BCUT2D eigenvalue weighted by molar-refractivity contribution is 7.99. The molecule has 0 aliphatic heterocycles. The molecule has 0 saturated carbocycles. The average molecular weight is 342 g/mol. The molecule has 2 aromatic carbocycles. The lowest BCUT2D eigenvalue weighted by molar-refractivity contribution is 0.113. The van der Waals surface area contributed by atoms with Crippen LogP contribution < -0.4 is 0 Å². The minimum absolute atomic E-state index is 0.197. The van der Waals surface area contributed by atoms with E-state index in [0.717, 1.165) is 11.1 Å². The summed E-state index contributed by atoms with van der Waals surface area (Å²) in [6, 6.07) is 19.4. The summed E-state index contributed by atoms with van der Waals surface area (Å²) in [6.07, 6.45) is -0.780. The standard InChI is InChI=1S/C18H18N2O3S/c21-11-15(22)12-24-16(13-7-3-1-4-8-13)18-19-17(20-23-18)14-9-5-2-6-10-14/h1-10,15-16,21-22H,11-12H2/t15-,16+/m1/s1. The third kappa shape index (κ3) is 4.03. The van der Waals surface area contributed by atoms with Crippen LogP contribution in [0.15, 0.2) is 65.2 Å². The highest BCUT2D eigenvalue weighted by atomic mass is 32.2. The Labute approximate surface area is 144 Å². The van der Waals surface area contributed by atoms with Crippen LogP contribution in [0.4, 0.5) is 0 Å². The van der Waals surface area contributed by atoms with Crippen LogP contribution in [-0.4, -0.2) is 38.8 Å². The second-order valence-corrected chi connectivity index (χ2v) is 6.42. The predicted molar refractivity (Wildman–Crippen MR) is 93.6 cm³/mol. The Hall–Kier alpha value is -2.15. The normalized spacial score (nSPS) is 13.6.